The maximum Gasteiger partial charge on any atom is 0.416 e. The number of alkyl halides is 3. The van der Waals surface area contributed by atoms with Gasteiger partial charge in [0.1, 0.15) is 17.7 Å². The van der Waals surface area contributed by atoms with Gasteiger partial charge in [0.2, 0.25) is 0 Å². The highest BCUT2D eigenvalue weighted by molar-refractivity contribution is 5.89. The van der Waals surface area contributed by atoms with Crippen LogP contribution in [0.5, 0.6) is 0 Å². The van der Waals surface area contributed by atoms with Crippen LogP contribution in [0.2, 0.25) is 0 Å². The first-order chi connectivity index (χ1) is 17.3. The number of amides is 1. The molecule has 0 saturated heterocycles. The molecule has 0 bridgehead atoms. The van der Waals surface area contributed by atoms with Crippen molar-refractivity contribution < 1.29 is 22.7 Å². The van der Waals surface area contributed by atoms with Crippen LogP contribution >= 0.6 is 0 Å². The zero-order valence-electron chi connectivity index (χ0n) is 21.5. The molecule has 0 saturated carbocycles. The van der Waals surface area contributed by atoms with Gasteiger partial charge in [0.25, 0.3) is 0 Å². The van der Waals surface area contributed by atoms with Gasteiger partial charge in [-0.25, -0.2) is 19.7 Å². The van der Waals surface area contributed by atoms with Gasteiger partial charge < -0.3 is 15.0 Å². The third kappa shape index (κ3) is 6.00. The van der Waals surface area contributed by atoms with Crippen molar-refractivity contribution in [1.82, 2.24) is 19.9 Å². The lowest BCUT2D eigenvalue weighted by Crippen LogP contribution is -2.39. The van der Waals surface area contributed by atoms with Gasteiger partial charge in [-0.3, -0.25) is 0 Å². The van der Waals surface area contributed by atoms with Crippen LogP contribution in [0.25, 0.3) is 16.6 Å². The van der Waals surface area contributed by atoms with E-state index in [0.29, 0.717) is 41.9 Å². The Morgan fingerprint density at radius 2 is 1.92 bits per heavy atom. The quantitative estimate of drug-likeness (QED) is 0.426. The molecule has 0 fully saturated rings. The van der Waals surface area contributed by atoms with Crippen LogP contribution < -0.4 is 5.32 Å². The van der Waals surface area contributed by atoms with Crippen LogP contribution in [0, 0.1) is 6.92 Å². The minimum Gasteiger partial charge on any atom is -0.444 e. The summed E-state index contributed by atoms with van der Waals surface area (Å²) in [6.45, 7) is 9.71. The number of carbonyl (C=O) groups is 1. The van der Waals surface area contributed by atoms with Gasteiger partial charge in [-0.05, 0) is 75.4 Å². The summed E-state index contributed by atoms with van der Waals surface area (Å²) in [7, 11) is 0. The van der Waals surface area contributed by atoms with Gasteiger partial charge in [-0.15, -0.1) is 0 Å². The number of anilines is 1. The van der Waals surface area contributed by atoms with Crippen molar-refractivity contribution in [3.05, 3.63) is 65.1 Å². The summed E-state index contributed by atoms with van der Waals surface area (Å²) in [5.74, 6) is 0.482. The number of halogens is 3. The Labute approximate surface area is 213 Å². The SMILES string of the molecule is Cc1c([C@@H](C)Nc2ncnc3ncc(C4=CCN(C(=O)OC(C)(C)C)CC4)cc23)cccc1C(F)(F)F. The molecule has 37 heavy (non-hydrogen) atoms. The summed E-state index contributed by atoms with van der Waals surface area (Å²) in [4.78, 5) is 27.1. The molecule has 1 amide bonds. The summed E-state index contributed by atoms with van der Waals surface area (Å²) in [5, 5.41) is 3.91. The molecule has 1 atom stereocenters. The molecular weight excluding hydrogens is 483 g/mol. The van der Waals surface area contributed by atoms with Crippen molar-refractivity contribution in [2.45, 2.75) is 58.9 Å². The third-order valence-corrected chi connectivity index (χ3v) is 6.22. The predicted molar refractivity (Wildman–Crippen MR) is 136 cm³/mol. The number of hydrogen-bond acceptors (Lipinski definition) is 6. The Balaban J connectivity index is 1.58. The molecule has 196 valence electrons. The van der Waals surface area contributed by atoms with E-state index in [1.807, 2.05) is 32.9 Å². The fourth-order valence-electron chi connectivity index (χ4n) is 4.37. The Hall–Kier alpha value is -3.69. The number of aromatic nitrogens is 3. The molecule has 7 nitrogen and oxygen atoms in total. The van der Waals surface area contributed by atoms with Gasteiger partial charge in [0.15, 0.2) is 5.65 Å². The second kappa shape index (κ2) is 9.99. The van der Waals surface area contributed by atoms with E-state index in [-0.39, 0.29) is 11.7 Å². The van der Waals surface area contributed by atoms with Crippen molar-refractivity contribution in [3.63, 3.8) is 0 Å². The van der Waals surface area contributed by atoms with Crippen LogP contribution in [0.1, 0.15) is 62.4 Å². The summed E-state index contributed by atoms with van der Waals surface area (Å²) in [6, 6.07) is 5.66. The smallest absolute Gasteiger partial charge is 0.416 e. The van der Waals surface area contributed by atoms with E-state index in [1.165, 1.54) is 19.3 Å². The molecule has 1 aromatic carbocycles. The van der Waals surface area contributed by atoms with Crippen LogP contribution in [0.15, 0.2) is 42.9 Å². The monoisotopic (exact) mass is 513 g/mol. The number of nitrogens with zero attached hydrogens (tertiary/aromatic N) is 4. The number of benzene rings is 1. The molecule has 10 heteroatoms. The normalized spacial score (nSPS) is 15.4. The number of pyridine rings is 1. The highest BCUT2D eigenvalue weighted by atomic mass is 19.4. The number of hydrogen-bond donors (Lipinski definition) is 1. The minimum absolute atomic E-state index is 0.175. The predicted octanol–water partition coefficient (Wildman–Crippen LogP) is 6.55. The van der Waals surface area contributed by atoms with Crippen LogP contribution in [0.4, 0.5) is 23.8 Å². The van der Waals surface area contributed by atoms with Crippen LogP contribution in [-0.4, -0.2) is 44.6 Å². The third-order valence-electron chi connectivity index (χ3n) is 6.22. The first kappa shape index (κ1) is 26.4. The molecule has 2 aromatic heterocycles. The summed E-state index contributed by atoms with van der Waals surface area (Å²) >= 11 is 0. The first-order valence-electron chi connectivity index (χ1n) is 12.0. The lowest BCUT2D eigenvalue weighted by molar-refractivity contribution is -0.138. The van der Waals surface area contributed by atoms with Crippen LogP contribution in [0.3, 0.4) is 0 Å². The van der Waals surface area contributed by atoms with E-state index in [0.717, 1.165) is 17.2 Å². The summed E-state index contributed by atoms with van der Waals surface area (Å²) in [5.41, 5.74) is 1.87. The van der Waals surface area contributed by atoms with Crippen molar-refractivity contribution in [2.24, 2.45) is 0 Å². The standard InChI is InChI=1S/C27H30F3N5O2/c1-16-20(7-6-8-22(16)27(28,29)30)17(2)34-24-21-13-19(14-31-23(21)32-15-33-24)18-9-11-35(12-10-18)25(36)37-26(3,4)5/h6-9,13-15,17H,10-12H2,1-5H3,(H,31,32,33,34)/t17-/m1/s1. The zero-order chi connectivity index (χ0) is 27.0. The zero-order valence-corrected chi connectivity index (χ0v) is 21.5. The largest absolute Gasteiger partial charge is 0.444 e. The number of fused-ring (bicyclic) bond motifs is 1. The van der Waals surface area contributed by atoms with Gasteiger partial charge in [-0.1, -0.05) is 18.2 Å². The van der Waals surface area contributed by atoms with E-state index < -0.39 is 23.4 Å². The Morgan fingerprint density at radius 3 is 2.57 bits per heavy atom. The lowest BCUT2D eigenvalue weighted by atomic mass is 9.97. The van der Waals surface area contributed by atoms with Crippen LogP contribution in [-0.2, 0) is 10.9 Å². The lowest BCUT2D eigenvalue weighted by Gasteiger charge is -2.29. The maximum atomic E-state index is 13.4. The van der Waals surface area contributed by atoms with Gasteiger partial charge in [0.05, 0.1) is 17.0 Å². The van der Waals surface area contributed by atoms with Gasteiger partial charge in [-0.2, -0.15) is 13.2 Å². The molecule has 1 aliphatic rings. The van der Waals surface area contributed by atoms with Crippen molar-refractivity contribution in [2.75, 3.05) is 18.4 Å². The molecule has 0 spiro atoms. The molecule has 3 aromatic rings. The molecule has 0 unspecified atom stereocenters. The van der Waals surface area contributed by atoms with Gasteiger partial charge >= 0.3 is 12.3 Å². The average molecular weight is 514 g/mol. The van der Waals surface area contributed by atoms with E-state index >= 15 is 0 Å². The summed E-state index contributed by atoms with van der Waals surface area (Å²) in [6.07, 6.45) is 0.936. The number of nitrogens with one attached hydrogen (secondary N) is 1. The van der Waals surface area contributed by atoms with E-state index in [4.69, 9.17) is 4.74 Å². The van der Waals surface area contributed by atoms with Crippen molar-refractivity contribution in [3.8, 4) is 0 Å². The molecule has 1 N–H and O–H groups in total. The molecule has 4 rings (SSSR count). The molecule has 0 radical (unpaired) electrons. The molecule has 1 aliphatic heterocycles. The van der Waals surface area contributed by atoms with Crippen molar-refractivity contribution >= 4 is 28.5 Å². The Kier molecular flexibility index (Phi) is 7.12. The maximum absolute atomic E-state index is 13.4. The number of carbonyl (C=O) groups excluding carboxylic acids is 1. The topological polar surface area (TPSA) is 80.2 Å². The van der Waals surface area contributed by atoms with Gasteiger partial charge in [0, 0.05) is 19.3 Å². The van der Waals surface area contributed by atoms with E-state index in [1.54, 1.807) is 24.1 Å². The molecule has 0 aliphatic carbocycles. The number of rotatable bonds is 4. The minimum atomic E-state index is -4.42. The summed E-state index contributed by atoms with van der Waals surface area (Å²) < 4.78 is 45.7. The Morgan fingerprint density at radius 1 is 1.16 bits per heavy atom. The second-order valence-electron chi connectivity index (χ2n) is 10.1. The van der Waals surface area contributed by atoms with E-state index in [9.17, 15) is 18.0 Å². The highest BCUT2D eigenvalue weighted by Gasteiger charge is 2.33. The second-order valence-corrected chi connectivity index (χ2v) is 10.1. The fraction of sp³-hybridized carbons (Fsp3) is 0.407. The molecule has 3 heterocycles. The van der Waals surface area contributed by atoms with Crippen molar-refractivity contribution in [1.29, 1.82) is 0 Å². The average Bonchev–Trinajstić information content (AvgIpc) is 2.82. The highest BCUT2D eigenvalue weighted by Crippen LogP contribution is 2.35. The molecular formula is C27H30F3N5O2. The van der Waals surface area contributed by atoms with E-state index in [2.05, 4.69) is 20.3 Å². The first-order valence-corrected chi connectivity index (χ1v) is 12.0. The number of ether oxygens (including phenoxy) is 1. The Bertz CT molecular complexity index is 1350. The fourth-order valence-corrected chi connectivity index (χ4v) is 4.37.